The van der Waals surface area contributed by atoms with Crippen LogP contribution in [0.25, 0.3) is 0 Å². The number of hydrogen-bond acceptors (Lipinski definition) is 4. The standard InChI is InChI=1S/C12H19N3S/c1-2-4-10-7-11(6-5-9(10)3-1)14-12-15-13-8-16-12/h8-11H,1-7H2,(H,14,15). The maximum Gasteiger partial charge on any atom is 0.205 e. The van der Waals surface area contributed by atoms with Crippen LogP contribution in [0.5, 0.6) is 0 Å². The minimum atomic E-state index is 0.646. The zero-order valence-corrected chi connectivity index (χ0v) is 10.4. The summed E-state index contributed by atoms with van der Waals surface area (Å²) in [7, 11) is 0. The number of aromatic nitrogens is 2. The summed E-state index contributed by atoms with van der Waals surface area (Å²) in [6, 6.07) is 0.646. The molecular formula is C12H19N3S. The zero-order valence-electron chi connectivity index (χ0n) is 9.56. The molecule has 0 radical (unpaired) electrons. The van der Waals surface area contributed by atoms with Crippen LogP contribution in [0, 0.1) is 11.8 Å². The van der Waals surface area contributed by atoms with Gasteiger partial charge in [0.2, 0.25) is 5.13 Å². The van der Waals surface area contributed by atoms with E-state index in [2.05, 4.69) is 15.5 Å². The molecule has 4 heteroatoms. The van der Waals surface area contributed by atoms with Gasteiger partial charge in [-0.1, -0.05) is 37.0 Å². The molecule has 0 aromatic carbocycles. The van der Waals surface area contributed by atoms with E-state index in [4.69, 9.17) is 0 Å². The van der Waals surface area contributed by atoms with Gasteiger partial charge >= 0.3 is 0 Å². The minimum Gasteiger partial charge on any atom is -0.357 e. The van der Waals surface area contributed by atoms with Crippen LogP contribution in [-0.4, -0.2) is 16.2 Å². The highest BCUT2D eigenvalue weighted by Gasteiger charge is 2.32. The highest BCUT2D eigenvalue weighted by molar-refractivity contribution is 7.13. The van der Waals surface area contributed by atoms with Crippen LogP contribution in [0.3, 0.4) is 0 Å². The third kappa shape index (κ3) is 2.21. The highest BCUT2D eigenvalue weighted by Crippen LogP contribution is 2.41. The average Bonchev–Trinajstić information content (AvgIpc) is 2.82. The Morgan fingerprint density at radius 1 is 1.12 bits per heavy atom. The van der Waals surface area contributed by atoms with E-state index in [1.165, 1.54) is 44.9 Å². The minimum absolute atomic E-state index is 0.646. The number of rotatable bonds is 2. The second kappa shape index (κ2) is 4.70. The predicted octanol–water partition coefficient (Wildman–Crippen LogP) is 3.31. The summed E-state index contributed by atoms with van der Waals surface area (Å²) < 4.78 is 0. The molecule has 2 aliphatic carbocycles. The van der Waals surface area contributed by atoms with Gasteiger partial charge in [0.15, 0.2) is 0 Å². The second-order valence-corrected chi connectivity index (χ2v) is 6.04. The van der Waals surface area contributed by atoms with E-state index in [9.17, 15) is 0 Å². The molecule has 16 heavy (non-hydrogen) atoms. The fourth-order valence-corrected chi connectivity index (χ4v) is 3.94. The van der Waals surface area contributed by atoms with E-state index >= 15 is 0 Å². The van der Waals surface area contributed by atoms with Crippen LogP contribution >= 0.6 is 11.3 Å². The van der Waals surface area contributed by atoms with E-state index in [0.29, 0.717) is 6.04 Å². The lowest BCUT2D eigenvalue weighted by atomic mass is 9.69. The van der Waals surface area contributed by atoms with E-state index in [1.54, 1.807) is 16.8 Å². The molecule has 0 aliphatic heterocycles. The Kier molecular flexibility index (Phi) is 3.09. The van der Waals surface area contributed by atoms with Gasteiger partial charge in [0, 0.05) is 6.04 Å². The Balaban J connectivity index is 1.58. The van der Waals surface area contributed by atoms with Crippen LogP contribution in [-0.2, 0) is 0 Å². The van der Waals surface area contributed by atoms with Gasteiger partial charge in [-0.15, -0.1) is 10.2 Å². The third-order valence-electron chi connectivity index (χ3n) is 4.23. The summed E-state index contributed by atoms with van der Waals surface area (Å²) in [6.45, 7) is 0. The molecular weight excluding hydrogens is 218 g/mol. The lowest BCUT2D eigenvalue weighted by Gasteiger charge is -2.39. The molecule has 1 heterocycles. The molecule has 1 N–H and O–H groups in total. The van der Waals surface area contributed by atoms with E-state index in [-0.39, 0.29) is 0 Å². The van der Waals surface area contributed by atoms with Crippen LogP contribution in [0.15, 0.2) is 5.51 Å². The molecule has 3 nitrogen and oxygen atoms in total. The second-order valence-electron chi connectivity index (χ2n) is 5.20. The van der Waals surface area contributed by atoms with Gasteiger partial charge in [-0.2, -0.15) is 0 Å². The number of hydrogen-bond donors (Lipinski definition) is 1. The van der Waals surface area contributed by atoms with E-state index in [1.807, 2.05) is 0 Å². The summed E-state index contributed by atoms with van der Waals surface area (Å²) in [6.07, 6.45) is 9.95. The van der Waals surface area contributed by atoms with Crippen molar-refractivity contribution in [2.24, 2.45) is 11.8 Å². The van der Waals surface area contributed by atoms with Gasteiger partial charge in [0.25, 0.3) is 0 Å². The van der Waals surface area contributed by atoms with Crippen LogP contribution in [0.1, 0.15) is 44.9 Å². The van der Waals surface area contributed by atoms with Crippen molar-refractivity contribution in [3.8, 4) is 0 Å². The van der Waals surface area contributed by atoms with Crippen molar-refractivity contribution in [3.05, 3.63) is 5.51 Å². The molecule has 2 saturated carbocycles. The quantitative estimate of drug-likeness (QED) is 0.857. The molecule has 0 bridgehead atoms. The Morgan fingerprint density at radius 2 is 2.00 bits per heavy atom. The lowest BCUT2D eigenvalue weighted by molar-refractivity contribution is 0.162. The number of fused-ring (bicyclic) bond motifs is 1. The molecule has 0 spiro atoms. The van der Waals surface area contributed by atoms with Gasteiger partial charge in [0.05, 0.1) is 0 Å². The molecule has 88 valence electrons. The predicted molar refractivity (Wildman–Crippen MR) is 66.6 cm³/mol. The van der Waals surface area contributed by atoms with Crippen LogP contribution < -0.4 is 5.32 Å². The van der Waals surface area contributed by atoms with Crippen molar-refractivity contribution in [3.63, 3.8) is 0 Å². The molecule has 3 rings (SSSR count). The maximum absolute atomic E-state index is 4.07. The van der Waals surface area contributed by atoms with Gasteiger partial charge in [-0.3, -0.25) is 0 Å². The van der Waals surface area contributed by atoms with Crippen LogP contribution in [0.2, 0.25) is 0 Å². The highest BCUT2D eigenvalue weighted by atomic mass is 32.1. The summed E-state index contributed by atoms with van der Waals surface area (Å²) in [5.74, 6) is 2.01. The summed E-state index contributed by atoms with van der Waals surface area (Å²) in [5.41, 5.74) is 1.80. The first-order valence-electron chi connectivity index (χ1n) is 6.44. The van der Waals surface area contributed by atoms with Crippen molar-refractivity contribution < 1.29 is 0 Å². The van der Waals surface area contributed by atoms with Crippen molar-refractivity contribution >= 4 is 16.5 Å². The molecule has 1 aromatic heterocycles. The van der Waals surface area contributed by atoms with Crippen molar-refractivity contribution in [2.45, 2.75) is 51.0 Å². The number of nitrogens with zero attached hydrogens (tertiary/aromatic N) is 2. The topological polar surface area (TPSA) is 37.8 Å². The van der Waals surface area contributed by atoms with Gasteiger partial charge < -0.3 is 5.32 Å². The first-order valence-corrected chi connectivity index (χ1v) is 7.32. The normalized spacial score (nSPS) is 34.4. The fourth-order valence-electron chi connectivity index (χ4n) is 3.42. The Morgan fingerprint density at radius 3 is 2.81 bits per heavy atom. The zero-order chi connectivity index (χ0) is 10.8. The average molecular weight is 237 g/mol. The van der Waals surface area contributed by atoms with Gasteiger partial charge in [-0.25, -0.2) is 0 Å². The monoisotopic (exact) mass is 237 g/mol. The number of nitrogens with one attached hydrogen (secondary N) is 1. The SMILES string of the molecule is c1nnc(NC2CCC3CCCCC3C2)s1. The first kappa shape index (κ1) is 10.5. The molecule has 2 aliphatic rings. The molecule has 1 aromatic rings. The smallest absolute Gasteiger partial charge is 0.205 e. The Hall–Kier alpha value is -0.640. The number of anilines is 1. The van der Waals surface area contributed by atoms with Crippen molar-refractivity contribution in [1.29, 1.82) is 0 Å². The molecule has 0 saturated heterocycles. The summed E-state index contributed by atoms with van der Waals surface area (Å²) in [4.78, 5) is 0. The Labute approximate surface area is 101 Å². The van der Waals surface area contributed by atoms with Crippen LogP contribution in [0.4, 0.5) is 5.13 Å². The Bertz CT molecular complexity index is 325. The molecule has 3 atom stereocenters. The largest absolute Gasteiger partial charge is 0.357 e. The van der Waals surface area contributed by atoms with E-state index < -0.39 is 0 Å². The summed E-state index contributed by atoms with van der Waals surface area (Å²) in [5, 5.41) is 12.5. The molecule has 2 fully saturated rings. The third-order valence-corrected chi connectivity index (χ3v) is 4.85. The lowest BCUT2D eigenvalue weighted by Crippen LogP contribution is -2.34. The van der Waals surface area contributed by atoms with E-state index in [0.717, 1.165) is 17.0 Å². The van der Waals surface area contributed by atoms with Gasteiger partial charge in [0.1, 0.15) is 5.51 Å². The van der Waals surface area contributed by atoms with Crippen molar-refractivity contribution in [2.75, 3.05) is 5.32 Å². The maximum atomic E-state index is 4.07. The molecule has 0 amide bonds. The summed E-state index contributed by atoms with van der Waals surface area (Å²) >= 11 is 1.61. The van der Waals surface area contributed by atoms with Crippen molar-refractivity contribution in [1.82, 2.24) is 10.2 Å². The fraction of sp³-hybridized carbons (Fsp3) is 0.833. The van der Waals surface area contributed by atoms with Gasteiger partial charge in [-0.05, 0) is 31.1 Å². The first-order chi connectivity index (χ1) is 7.92. The molecule has 3 unspecified atom stereocenters.